The first kappa shape index (κ1) is 69.5. The highest BCUT2D eigenvalue weighted by Crippen LogP contribution is 2.44. The summed E-state index contributed by atoms with van der Waals surface area (Å²) in [7, 11) is 0. The molecule has 2 unspecified atom stereocenters. The molecule has 12 aromatic carbocycles. The average Bonchev–Trinajstić information content (AvgIpc) is 0.829. The Morgan fingerprint density at radius 1 is 0.250 bits per heavy atom. The first-order valence-corrected chi connectivity index (χ1v) is 38.4. The van der Waals surface area contributed by atoms with E-state index in [9.17, 15) is 0 Å². The molecule has 0 amide bonds. The Morgan fingerprint density at radius 3 is 0.848 bits per heavy atom. The van der Waals surface area contributed by atoms with Crippen LogP contribution in [0, 0.1) is 17.8 Å². The number of benzene rings is 12. The smallest absolute Gasteiger partial charge is 0.165 e. The summed E-state index contributed by atoms with van der Waals surface area (Å²) >= 11 is 0. The van der Waals surface area contributed by atoms with E-state index >= 15 is 0 Å². The largest absolute Gasteiger partial charge is 0.255 e. The standard InChI is InChI=1S/C102H76N10/c1-8-26-69(27-9-1)78-40-22-44-82(60-78)97-107-98(83-45-23-41-79(61-83)70-28-10-2-11-29-70)110-101(109-97)86-52-58-93(103-67-86)74-48-54-91(55-49-74)105-95(76-36-18-6-19-37-76)89-64-88(73-34-16-5-17-35-73)65-90(66-89)96(77-38-20-7-21-39-77)106-92-56-50-75(51-57-92)94-59-53-87(68-104-94)102-111-99(84-46-24-42-80(62-84)71-30-12-3-13-31-71)108-100(112-102)85-47-25-43-81(63-85)72-32-14-4-15-33-72/h1-4,6-16,18-63,67-68,88-90H,5,17,64-66H2. The number of aliphatic imine (C=N–C) groups is 2. The summed E-state index contributed by atoms with van der Waals surface area (Å²) in [6.45, 7) is 0. The Balaban J connectivity index is 0.632. The molecule has 2 aliphatic carbocycles. The summed E-state index contributed by atoms with van der Waals surface area (Å²) in [6.07, 6.45) is 15.8. The molecule has 0 radical (unpaired) electrons. The van der Waals surface area contributed by atoms with Crippen LogP contribution in [0.4, 0.5) is 11.4 Å². The normalized spacial score (nSPS) is 15.0. The van der Waals surface area contributed by atoms with Gasteiger partial charge < -0.3 is 0 Å². The number of allylic oxidation sites excluding steroid dienone is 4. The minimum Gasteiger partial charge on any atom is -0.255 e. The highest BCUT2D eigenvalue weighted by atomic mass is 15.0. The summed E-state index contributed by atoms with van der Waals surface area (Å²) in [5.41, 5.74) is 25.1. The lowest BCUT2D eigenvalue weighted by Crippen LogP contribution is -2.33. The molecular formula is C102H76N10. The van der Waals surface area contributed by atoms with Crippen LogP contribution in [-0.2, 0) is 0 Å². The molecule has 18 rings (SSSR count). The third-order valence-electron chi connectivity index (χ3n) is 21.2. The van der Waals surface area contributed by atoms with Crippen molar-refractivity contribution in [1.29, 1.82) is 0 Å². The van der Waals surface area contributed by atoms with E-state index in [2.05, 4.69) is 346 Å². The van der Waals surface area contributed by atoms with E-state index in [-0.39, 0.29) is 17.8 Å². The van der Waals surface area contributed by atoms with Crippen molar-refractivity contribution < 1.29 is 0 Å². The molecule has 10 nitrogen and oxygen atoms in total. The molecule has 0 N–H and O–H groups in total. The zero-order chi connectivity index (χ0) is 74.8. The number of aromatic nitrogens is 8. The number of pyridine rings is 2. The molecule has 10 heteroatoms. The lowest BCUT2D eigenvalue weighted by Gasteiger charge is -2.37. The van der Waals surface area contributed by atoms with E-state index in [1.165, 1.54) is 5.57 Å². The van der Waals surface area contributed by atoms with Crippen molar-refractivity contribution in [3.63, 3.8) is 0 Å². The second-order valence-corrected chi connectivity index (χ2v) is 28.6. The molecular weight excluding hydrogens is 1370 g/mol. The van der Waals surface area contributed by atoms with E-state index < -0.39 is 0 Å². The van der Waals surface area contributed by atoms with E-state index in [1.54, 1.807) is 0 Å². The van der Waals surface area contributed by atoms with Crippen molar-refractivity contribution >= 4 is 22.8 Å². The molecule has 2 atom stereocenters. The van der Waals surface area contributed by atoms with Crippen molar-refractivity contribution in [2.45, 2.75) is 32.1 Å². The fraction of sp³-hybridized carbons (Fsp3) is 0.0784. The number of nitrogens with zero attached hydrogens (tertiary/aromatic N) is 10. The van der Waals surface area contributed by atoms with E-state index in [0.717, 1.165) is 166 Å². The van der Waals surface area contributed by atoms with Crippen molar-refractivity contribution in [3.05, 3.63) is 399 Å². The maximum Gasteiger partial charge on any atom is 0.165 e. The minimum absolute atomic E-state index is 0.103. The van der Waals surface area contributed by atoms with Gasteiger partial charge in [-0.1, -0.05) is 297 Å². The zero-order valence-electron chi connectivity index (χ0n) is 61.6. The average molecular weight is 1440 g/mol. The predicted molar refractivity (Wildman–Crippen MR) is 457 cm³/mol. The summed E-state index contributed by atoms with van der Waals surface area (Å²) < 4.78 is 0. The second-order valence-electron chi connectivity index (χ2n) is 28.6. The molecule has 4 heterocycles. The van der Waals surface area contributed by atoms with Crippen LogP contribution in [0.1, 0.15) is 43.2 Å². The maximum atomic E-state index is 5.68. The van der Waals surface area contributed by atoms with Crippen molar-refractivity contribution in [3.8, 4) is 135 Å². The first-order valence-electron chi connectivity index (χ1n) is 38.4. The third kappa shape index (κ3) is 15.7. The van der Waals surface area contributed by atoms with E-state index in [1.807, 2.05) is 36.7 Å². The van der Waals surface area contributed by atoms with Gasteiger partial charge in [0.2, 0.25) is 0 Å². The number of hydrogen-bond acceptors (Lipinski definition) is 10. The Morgan fingerprint density at radius 2 is 0.545 bits per heavy atom. The van der Waals surface area contributed by atoms with Crippen LogP contribution in [0.25, 0.3) is 135 Å². The fourth-order valence-electron chi connectivity index (χ4n) is 15.5. The minimum atomic E-state index is 0.103. The van der Waals surface area contributed by atoms with Gasteiger partial charge in [0.1, 0.15) is 0 Å². The monoisotopic (exact) mass is 1440 g/mol. The van der Waals surface area contributed by atoms with Gasteiger partial charge in [-0.3, -0.25) is 20.0 Å². The Kier molecular flexibility index (Phi) is 20.1. The second kappa shape index (κ2) is 32.3. The molecule has 0 saturated heterocycles. The summed E-state index contributed by atoms with van der Waals surface area (Å²) in [5, 5.41) is 0. The first-order chi connectivity index (χ1) is 55.4. The van der Waals surface area contributed by atoms with Crippen molar-refractivity contribution in [2.24, 2.45) is 27.7 Å². The molecule has 112 heavy (non-hydrogen) atoms. The Bertz CT molecular complexity index is 5550. The molecule has 534 valence electrons. The van der Waals surface area contributed by atoms with Gasteiger partial charge in [0.15, 0.2) is 34.9 Å². The van der Waals surface area contributed by atoms with Crippen LogP contribution in [-0.4, -0.2) is 51.3 Å². The summed E-state index contributed by atoms with van der Waals surface area (Å²) in [5.74, 6) is 3.89. The molecule has 4 aromatic heterocycles. The van der Waals surface area contributed by atoms with Crippen LogP contribution in [0.15, 0.2) is 398 Å². The molecule has 0 bridgehead atoms. The number of rotatable bonds is 19. The van der Waals surface area contributed by atoms with Gasteiger partial charge in [-0.25, -0.2) is 29.9 Å². The molecule has 16 aromatic rings. The van der Waals surface area contributed by atoms with E-state index in [4.69, 9.17) is 49.9 Å². The highest BCUT2D eigenvalue weighted by Gasteiger charge is 2.37. The molecule has 1 fully saturated rings. The summed E-state index contributed by atoms with van der Waals surface area (Å²) in [4.78, 5) is 52.4. The van der Waals surface area contributed by atoms with Gasteiger partial charge in [-0.15, -0.1) is 0 Å². The predicted octanol–water partition coefficient (Wildman–Crippen LogP) is 25.1. The molecule has 0 spiro atoms. The molecule has 0 aliphatic heterocycles. The SMILES string of the molecule is C1=CC(C2CC(C(=Nc3ccc(-c4ccc(-c5nc(-c6cccc(-c7ccccc7)c6)nc(-c6cccc(-c7ccccc7)c6)n5)cn4)cc3)c3ccccc3)CC(C(=Nc3ccc(-c4ccc(-c5nc(-c6cccc(-c7ccccc7)c6)nc(-c6cccc(-c7ccccc7)c6)n5)cn4)cc3)c3ccccc3)C2)=CCC1. The quantitative estimate of drug-likeness (QED) is 0.0732. The Labute approximate surface area is 653 Å². The number of hydrogen-bond donors (Lipinski definition) is 0. The zero-order valence-corrected chi connectivity index (χ0v) is 61.6. The van der Waals surface area contributed by atoms with Crippen LogP contribution < -0.4 is 0 Å². The third-order valence-corrected chi connectivity index (χ3v) is 21.2. The van der Waals surface area contributed by atoms with Gasteiger partial charge in [-0.2, -0.15) is 0 Å². The highest BCUT2D eigenvalue weighted by molar-refractivity contribution is 6.07. The fourth-order valence-corrected chi connectivity index (χ4v) is 15.5. The Hall–Kier alpha value is -14.2. The van der Waals surface area contributed by atoms with Gasteiger partial charge in [0.05, 0.1) is 34.2 Å². The van der Waals surface area contributed by atoms with Crippen LogP contribution in [0.2, 0.25) is 0 Å². The lowest BCUT2D eigenvalue weighted by atomic mass is 9.67. The molecule has 2 aliphatic rings. The van der Waals surface area contributed by atoms with Crippen molar-refractivity contribution in [2.75, 3.05) is 0 Å². The van der Waals surface area contributed by atoms with Crippen LogP contribution >= 0.6 is 0 Å². The summed E-state index contributed by atoms with van der Waals surface area (Å²) in [6, 6.07) is 122. The van der Waals surface area contributed by atoms with Gasteiger partial charge in [-0.05, 0) is 172 Å². The van der Waals surface area contributed by atoms with E-state index in [0.29, 0.717) is 34.9 Å². The molecule has 1 saturated carbocycles. The van der Waals surface area contributed by atoms with Gasteiger partial charge in [0, 0.05) is 68.7 Å². The van der Waals surface area contributed by atoms with Gasteiger partial charge >= 0.3 is 0 Å². The lowest BCUT2D eigenvalue weighted by molar-refractivity contribution is 0.315. The van der Waals surface area contributed by atoms with Crippen LogP contribution in [0.3, 0.4) is 0 Å². The van der Waals surface area contributed by atoms with Gasteiger partial charge in [0.25, 0.3) is 0 Å². The van der Waals surface area contributed by atoms with Crippen LogP contribution in [0.5, 0.6) is 0 Å². The van der Waals surface area contributed by atoms with Crippen molar-refractivity contribution in [1.82, 2.24) is 39.9 Å². The maximum absolute atomic E-state index is 5.68. The topological polar surface area (TPSA) is 128 Å².